The Balaban J connectivity index is 1.28. The number of furan rings is 1. The van der Waals surface area contributed by atoms with Gasteiger partial charge in [0, 0.05) is 24.2 Å². The van der Waals surface area contributed by atoms with Gasteiger partial charge in [-0.15, -0.1) is 0 Å². The molecule has 1 amide bonds. The fourth-order valence-electron chi connectivity index (χ4n) is 4.43. The van der Waals surface area contributed by atoms with Gasteiger partial charge in [-0.2, -0.15) is 0 Å². The average molecular weight is 508 g/mol. The van der Waals surface area contributed by atoms with Crippen LogP contribution in [0.4, 0.5) is 0 Å². The Morgan fingerprint density at radius 3 is 2.22 bits per heavy atom. The maximum absolute atomic E-state index is 13.1. The van der Waals surface area contributed by atoms with Gasteiger partial charge in [0.15, 0.2) is 9.84 Å². The second kappa shape index (κ2) is 9.77. The lowest BCUT2D eigenvalue weighted by atomic mass is 9.81. The first-order chi connectivity index (χ1) is 17.4. The molecule has 0 atom stereocenters. The molecule has 4 aromatic rings. The van der Waals surface area contributed by atoms with Crippen molar-refractivity contribution in [2.24, 2.45) is 5.41 Å². The van der Waals surface area contributed by atoms with E-state index in [1.54, 1.807) is 17.6 Å². The Kier molecular flexibility index (Phi) is 6.53. The van der Waals surface area contributed by atoms with Crippen molar-refractivity contribution < 1.29 is 32.3 Å². The molecule has 0 radical (unpaired) electrons. The van der Waals surface area contributed by atoms with E-state index in [0.29, 0.717) is 11.5 Å². The van der Waals surface area contributed by atoms with Gasteiger partial charge in [0.25, 0.3) is 5.91 Å². The molecular formula is C27H25NO7S. The van der Waals surface area contributed by atoms with E-state index in [-0.39, 0.29) is 31.0 Å². The van der Waals surface area contributed by atoms with Gasteiger partial charge in [-0.25, -0.2) is 13.9 Å². The van der Waals surface area contributed by atoms with Crippen molar-refractivity contribution in [2.45, 2.75) is 17.7 Å². The maximum atomic E-state index is 13.1. The summed E-state index contributed by atoms with van der Waals surface area (Å²) in [6.45, 7) is 0.510. The second-order valence-electron chi connectivity index (χ2n) is 8.84. The summed E-state index contributed by atoms with van der Waals surface area (Å²) in [7, 11) is -3.80. The van der Waals surface area contributed by atoms with Crippen LogP contribution in [-0.2, 0) is 19.4 Å². The number of sulfone groups is 1. The van der Waals surface area contributed by atoms with Gasteiger partial charge in [-0.1, -0.05) is 18.2 Å². The summed E-state index contributed by atoms with van der Waals surface area (Å²) in [5.74, 6) is 0.694. The van der Waals surface area contributed by atoms with E-state index >= 15 is 0 Å². The Labute approximate surface area is 208 Å². The van der Waals surface area contributed by atoms with Crippen LogP contribution in [0.15, 0.2) is 88.2 Å². The van der Waals surface area contributed by atoms with E-state index in [0.717, 1.165) is 22.3 Å². The van der Waals surface area contributed by atoms with Crippen LogP contribution in [0, 0.1) is 5.41 Å². The Morgan fingerprint density at radius 1 is 0.944 bits per heavy atom. The molecule has 1 aromatic heterocycles. The van der Waals surface area contributed by atoms with Gasteiger partial charge in [0.2, 0.25) is 0 Å². The van der Waals surface area contributed by atoms with Crippen molar-refractivity contribution in [2.75, 3.05) is 19.0 Å². The van der Waals surface area contributed by atoms with Gasteiger partial charge in [-0.05, 0) is 73.5 Å². The van der Waals surface area contributed by atoms with E-state index in [2.05, 4.69) is 0 Å². The molecule has 1 fully saturated rings. The molecular weight excluding hydrogens is 482 g/mol. The molecule has 2 heterocycles. The van der Waals surface area contributed by atoms with Crippen molar-refractivity contribution in [1.82, 2.24) is 5.48 Å². The number of benzene rings is 3. The molecule has 0 aliphatic carbocycles. The molecule has 36 heavy (non-hydrogen) atoms. The summed E-state index contributed by atoms with van der Waals surface area (Å²) in [5, 5.41) is 10.2. The quantitative estimate of drug-likeness (QED) is 0.268. The monoisotopic (exact) mass is 507 g/mol. The summed E-state index contributed by atoms with van der Waals surface area (Å²) >= 11 is 0. The molecule has 9 heteroatoms. The van der Waals surface area contributed by atoms with Crippen molar-refractivity contribution >= 4 is 26.7 Å². The molecule has 5 rings (SSSR count). The van der Waals surface area contributed by atoms with Crippen molar-refractivity contribution in [3.05, 3.63) is 78.9 Å². The number of hydrogen-bond acceptors (Lipinski definition) is 7. The highest BCUT2D eigenvalue weighted by atomic mass is 32.2. The number of para-hydroxylation sites is 1. The third kappa shape index (κ3) is 4.86. The minimum atomic E-state index is -3.80. The summed E-state index contributed by atoms with van der Waals surface area (Å²) in [6, 6.07) is 23.3. The van der Waals surface area contributed by atoms with Gasteiger partial charge in [-0.3, -0.25) is 10.0 Å². The Morgan fingerprint density at radius 2 is 1.58 bits per heavy atom. The summed E-state index contributed by atoms with van der Waals surface area (Å²) < 4.78 is 43.2. The van der Waals surface area contributed by atoms with Crippen LogP contribution in [0.25, 0.3) is 22.3 Å². The number of rotatable bonds is 7. The molecule has 1 aliphatic heterocycles. The van der Waals surface area contributed by atoms with Crippen LogP contribution in [0.5, 0.6) is 11.5 Å². The predicted molar refractivity (Wildman–Crippen MR) is 133 cm³/mol. The first-order valence-corrected chi connectivity index (χ1v) is 13.2. The topological polar surface area (TPSA) is 115 Å². The maximum Gasteiger partial charge on any atom is 0.250 e. The fourth-order valence-corrected chi connectivity index (χ4v) is 6.29. The predicted octanol–water partition coefficient (Wildman–Crippen LogP) is 4.97. The SMILES string of the molecule is O=C(NO)C1(CS(=O)(=O)c2ccc(Oc3ccc(-c4cc5ccccc5o4)cc3)cc2)CCOCC1. The van der Waals surface area contributed by atoms with Gasteiger partial charge < -0.3 is 13.9 Å². The van der Waals surface area contributed by atoms with E-state index < -0.39 is 26.9 Å². The minimum absolute atomic E-state index is 0.0756. The number of ether oxygens (including phenoxy) is 2. The normalized spacial score (nSPS) is 15.5. The van der Waals surface area contributed by atoms with Crippen LogP contribution < -0.4 is 10.2 Å². The Bertz CT molecular complexity index is 1440. The lowest BCUT2D eigenvalue weighted by Crippen LogP contribution is -2.47. The number of fused-ring (bicyclic) bond motifs is 1. The van der Waals surface area contributed by atoms with E-state index in [1.165, 1.54) is 12.1 Å². The third-order valence-electron chi connectivity index (χ3n) is 6.48. The molecule has 0 spiro atoms. The number of carbonyl (C=O) groups excluding carboxylic acids is 1. The van der Waals surface area contributed by atoms with E-state index in [1.807, 2.05) is 54.6 Å². The third-order valence-corrected chi connectivity index (χ3v) is 8.41. The lowest BCUT2D eigenvalue weighted by molar-refractivity contribution is -0.143. The Hall–Kier alpha value is -3.66. The van der Waals surface area contributed by atoms with Crippen LogP contribution >= 0.6 is 0 Å². The molecule has 0 unspecified atom stereocenters. The van der Waals surface area contributed by atoms with Crippen LogP contribution in [0.2, 0.25) is 0 Å². The van der Waals surface area contributed by atoms with Crippen molar-refractivity contribution in [3.63, 3.8) is 0 Å². The second-order valence-corrected chi connectivity index (χ2v) is 10.8. The molecule has 2 N–H and O–H groups in total. The van der Waals surface area contributed by atoms with Gasteiger partial charge in [0.1, 0.15) is 22.8 Å². The zero-order valence-corrected chi connectivity index (χ0v) is 20.2. The van der Waals surface area contributed by atoms with Crippen molar-refractivity contribution in [1.29, 1.82) is 0 Å². The number of hydrogen-bond donors (Lipinski definition) is 2. The first-order valence-electron chi connectivity index (χ1n) is 11.5. The van der Waals surface area contributed by atoms with E-state index in [4.69, 9.17) is 19.1 Å². The zero-order valence-electron chi connectivity index (χ0n) is 19.3. The zero-order chi connectivity index (χ0) is 25.2. The molecule has 0 saturated carbocycles. The molecule has 8 nitrogen and oxygen atoms in total. The van der Waals surface area contributed by atoms with Gasteiger partial charge >= 0.3 is 0 Å². The highest BCUT2D eigenvalue weighted by molar-refractivity contribution is 7.91. The molecule has 3 aromatic carbocycles. The van der Waals surface area contributed by atoms with Gasteiger partial charge in [0.05, 0.1) is 16.1 Å². The highest BCUT2D eigenvalue weighted by Crippen LogP contribution is 2.35. The van der Waals surface area contributed by atoms with E-state index in [9.17, 15) is 13.2 Å². The molecule has 1 aliphatic rings. The number of amides is 1. The number of nitrogens with one attached hydrogen (secondary N) is 1. The smallest absolute Gasteiger partial charge is 0.250 e. The highest BCUT2D eigenvalue weighted by Gasteiger charge is 2.44. The standard InChI is InChI=1S/C27H25NO7S/c29-26(28-30)27(13-15-33-16-14-27)18-36(31,32)23-11-9-22(10-12-23)34-21-7-5-19(6-8-21)25-17-20-3-1-2-4-24(20)35-25/h1-12,17,30H,13-16,18H2,(H,28,29). The minimum Gasteiger partial charge on any atom is -0.457 e. The fraction of sp³-hybridized carbons (Fsp3) is 0.222. The summed E-state index contributed by atoms with van der Waals surface area (Å²) in [4.78, 5) is 12.4. The van der Waals surface area contributed by atoms with Crippen LogP contribution in [0.1, 0.15) is 12.8 Å². The summed E-state index contributed by atoms with van der Waals surface area (Å²) in [5.41, 5.74) is 2.12. The lowest BCUT2D eigenvalue weighted by Gasteiger charge is -2.34. The summed E-state index contributed by atoms with van der Waals surface area (Å²) in [6.07, 6.45) is 0.424. The van der Waals surface area contributed by atoms with Crippen molar-refractivity contribution in [3.8, 4) is 22.8 Å². The largest absolute Gasteiger partial charge is 0.457 e. The first kappa shape index (κ1) is 24.1. The number of carbonyl (C=O) groups is 1. The van der Waals surface area contributed by atoms with Crippen LogP contribution in [-0.4, -0.2) is 38.5 Å². The molecule has 186 valence electrons. The number of hydroxylamine groups is 1. The molecule has 0 bridgehead atoms. The van der Waals surface area contributed by atoms with Crippen LogP contribution in [0.3, 0.4) is 0 Å². The molecule has 1 saturated heterocycles. The average Bonchev–Trinajstić information content (AvgIpc) is 3.34.